The van der Waals surface area contributed by atoms with E-state index in [0.717, 1.165) is 6.42 Å². The standard InChI is InChI=1S/C47H36S/c1-47(2)42-18-7-5-13-37(42)40-28-27-36(39-16-10-19-43(47)45(39)40)35-26-25-31(33-11-3-4-12-34(33)35)29-21-23-30(24-22-29)32-15-9-17-41-38-14-6-8-20-44(38)48-46(32)41/h3-5,7-8,10-13,15-16,18-28H,6,9,14,17H2,1-2H3. The van der Waals surface area contributed by atoms with Crippen LogP contribution in [-0.4, -0.2) is 0 Å². The molecule has 1 heteroatoms. The van der Waals surface area contributed by atoms with Gasteiger partial charge in [-0.25, -0.2) is 0 Å². The summed E-state index contributed by atoms with van der Waals surface area (Å²) >= 11 is 1.99. The summed E-state index contributed by atoms with van der Waals surface area (Å²) in [4.78, 5) is 2.97. The average molecular weight is 633 g/mol. The van der Waals surface area contributed by atoms with Gasteiger partial charge in [0.05, 0.1) is 0 Å². The number of fused-ring (bicyclic) bond motifs is 6. The molecule has 7 aromatic rings. The van der Waals surface area contributed by atoms with Crippen LogP contribution in [0.25, 0.3) is 66.6 Å². The summed E-state index contributed by atoms with van der Waals surface area (Å²) in [5.41, 5.74) is 16.6. The zero-order valence-corrected chi connectivity index (χ0v) is 28.3. The number of hydrogen-bond acceptors (Lipinski definition) is 1. The summed E-state index contributed by atoms with van der Waals surface area (Å²) in [7, 11) is 0. The molecule has 0 bridgehead atoms. The number of allylic oxidation sites excluding steroid dienone is 2. The Bertz CT molecular complexity index is 2510. The SMILES string of the molecule is CC1(C)c2ccccc2-c2ccc(-c3ccc(-c4ccc(C5=CCCc6c5sc5c6CCC=C5)cc4)c4ccccc34)c3cccc1c23. The molecule has 0 radical (unpaired) electrons. The predicted octanol–water partition coefficient (Wildman–Crippen LogP) is 13.0. The largest absolute Gasteiger partial charge is 0.135 e. The summed E-state index contributed by atoms with van der Waals surface area (Å²) in [5.74, 6) is 0. The van der Waals surface area contributed by atoms with E-state index in [0.29, 0.717) is 0 Å². The van der Waals surface area contributed by atoms with Gasteiger partial charge in [-0.15, -0.1) is 11.3 Å². The third kappa shape index (κ3) is 4.01. The van der Waals surface area contributed by atoms with Crippen molar-refractivity contribution in [2.24, 2.45) is 0 Å². The van der Waals surface area contributed by atoms with Crippen LogP contribution in [0.4, 0.5) is 0 Å². The highest BCUT2D eigenvalue weighted by molar-refractivity contribution is 7.14. The Balaban J connectivity index is 1.08. The summed E-state index contributed by atoms with van der Waals surface area (Å²) in [5, 5.41) is 5.32. The van der Waals surface area contributed by atoms with Gasteiger partial charge in [0.15, 0.2) is 0 Å². The first-order valence-corrected chi connectivity index (χ1v) is 18.2. The van der Waals surface area contributed by atoms with Gasteiger partial charge in [0.2, 0.25) is 0 Å². The maximum Gasteiger partial charge on any atom is 0.0386 e. The Morgan fingerprint density at radius 1 is 0.521 bits per heavy atom. The number of thiophene rings is 1. The van der Waals surface area contributed by atoms with E-state index in [9.17, 15) is 0 Å². The minimum atomic E-state index is -0.0605. The predicted molar refractivity (Wildman–Crippen MR) is 207 cm³/mol. The van der Waals surface area contributed by atoms with E-state index in [1.807, 2.05) is 11.3 Å². The molecule has 0 unspecified atom stereocenters. The van der Waals surface area contributed by atoms with Gasteiger partial charge < -0.3 is 0 Å². The lowest BCUT2D eigenvalue weighted by Gasteiger charge is -2.35. The molecule has 1 aromatic heterocycles. The van der Waals surface area contributed by atoms with Gasteiger partial charge in [-0.1, -0.05) is 141 Å². The van der Waals surface area contributed by atoms with Gasteiger partial charge in [0.25, 0.3) is 0 Å². The third-order valence-electron chi connectivity index (χ3n) is 11.3. The van der Waals surface area contributed by atoms with Crippen LogP contribution in [-0.2, 0) is 18.3 Å². The molecule has 0 N–H and O–H groups in total. The molecule has 0 nitrogen and oxygen atoms in total. The second-order valence-corrected chi connectivity index (χ2v) is 15.2. The number of benzene rings is 6. The van der Waals surface area contributed by atoms with Crippen LogP contribution in [0, 0.1) is 0 Å². The Kier molecular flexibility index (Phi) is 6.15. The molecule has 3 aliphatic carbocycles. The van der Waals surface area contributed by atoms with Crippen molar-refractivity contribution in [1.82, 2.24) is 0 Å². The van der Waals surface area contributed by atoms with Gasteiger partial charge in [-0.2, -0.15) is 0 Å². The molecular weight excluding hydrogens is 597 g/mol. The molecule has 3 aliphatic rings. The molecule has 48 heavy (non-hydrogen) atoms. The van der Waals surface area contributed by atoms with Crippen molar-refractivity contribution in [1.29, 1.82) is 0 Å². The van der Waals surface area contributed by atoms with Crippen LogP contribution in [0.1, 0.15) is 64.3 Å². The minimum Gasteiger partial charge on any atom is -0.135 e. The van der Waals surface area contributed by atoms with Crippen LogP contribution in [0.2, 0.25) is 0 Å². The van der Waals surface area contributed by atoms with Crippen molar-refractivity contribution in [2.45, 2.75) is 44.9 Å². The van der Waals surface area contributed by atoms with Crippen LogP contribution in [0.15, 0.2) is 127 Å². The molecule has 0 atom stereocenters. The highest BCUT2D eigenvalue weighted by Gasteiger charge is 2.33. The zero-order chi connectivity index (χ0) is 32.0. The van der Waals surface area contributed by atoms with E-state index in [-0.39, 0.29) is 5.41 Å². The van der Waals surface area contributed by atoms with Crippen LogP contribution in [0.5, 0.6) is 0 Å². The monoisotopic (exact) mass is 632 g/mol. The first-order valence-electron chi connectivity index (χ1n) is 17.4. The summed E-state index contributed by atoms with van der Waals surface area (Å²) in [6, 6.07) is 43.6. The molecule has 0 saturated carbocycles. The van der Waals surface area contributed by atoms with E-state index in [1.165, 1.54) is 106 Å². The van der Waals surface area contributed by atoms with Gasteiger partial charge in [0.1, 0.15) is 0 Å². The van der Waals surface area contributed by atoms with Gasteiger partial charge in [-0.3, -0.25) is 0 Å². The molecule has 230 valence electrons. The maximum atomic E-state index is 2.47. The van der Waals surface area contributed by atoms with Crippen molar-refractivity contribution >= 4 is 44.5 Å². The molecule has 6 aromatic carbocycles. The van der Waals surface area contributed by atoms with E-state index in [2.05, 4.69) is 147 Å². The topological polar surface area (TPSA) is 0 Å². The highest BCUT2D eigenvalue weighted by atomic mass is 32.1. The summed E-state index contributed by atoms with van der Waals surface area (Å²) in [6.07, 6.45) is 11.8. The lowest BCUT2D eigenvalue weighted by molar-refractivity contribution is 0.645. The normalized spacial score (nSPS) is 15.6. The second kappa shape index (κ2) is 10.5. The zero-order valence-electron chi connectivity index (χ0n) is 27.4. The molecule has 0 fully saturated rings. The van der Waals surface area contributed by atoms with Crippen molar-refractivity contribution in [3.63, 3.8) is 0 Å². The van der Waals surface area contributed by atoms with Crippen molar-refractivity contribution in [3.8, 4) is 33.4 Å². The smallest absolute Gasteiger partial charge is 0.0386 e. The molecule has 0 saturated heterocycles. The van der Waals surface area contributed by atoms with E-state index in [4.69, 9.17) is 0 Å². The quantitative estimate of drug-likeness (QED) is 0.182. The second-order valence-electron chi connectivity index (χ2n) is 14.2. The van der Waals surface area contributed by atoms with E-state index < -0.39 is 0 Å². The van der Waals surface area contributed by atoms with Crippen molar-refractivity contribution in [2.75, 3.05) is 0 Å². The lowest BCUT2D eigenvalue weighted by Crippen LogP contribution is -2.23. The highest BCUT2D eigenvalue weighted by Crippen LogP contribution is 2.51. The molecule has 0 amide bonds. The van der Waals surface area contributed by atoms with E-state index >= 15 is 0 Å². The number of rotatable bonds is 3. The van der Waals surface area contributed by atoms with Gasteiger partial charge >= 0.3 is 0 Å². The lowest BCUT2D eigenvalue weighted by atomic mass is 9.68. The van der Waals surface area contributed by atoms with Crippen molar-refractivity contribution < 1.29 is 0 Å². The first kappa shape index (κ1) is 28.1. The molecular formula is C47H36S. The average Bonchev–Trinajstić information content (AvgIpc) is 3.53. The fourth-order valence-electron chi connectivity index (χ4n) is 8.94. The Morgan fingerprint density at radius 3 is 2.02 bits per heavy atom. The minimum absolute atomic E-state index is 0.0605. The van der Waals surface area contributed by atoms with Crippen LogP contribution < -0.4 is 0 Å². The van der Waals surface area contributed by atoms with Crippen LogP contribution in [0.3, 0.4) is 0 Å². The van der Waals surface area contributed by atoms with Crippen LogP contribution >= 0.6 is 11.3 Å². The number of hydrogen-bond donors (Lipinski definition) is 0. The summed E-state index contributed by atoms with van der Waals surface area (Å²) < 4.78 is 0. The maximum absolute atomic E-state index is 2.47. The van der Waals surface area contributed by atoms with Gasteiger partial charge in [0, 0.05) is 15.2 Å². The molecule has 0 spiro atoms. The molecule has 10 rings (SSSR count). The Labute approximate surface area is 286 Å². The van der Waals surface area contributed by atoms with Gasteiger partial charge in [-0.05, 0) is 120 Å². The fraction of sp³-hybridized carbons (Fsp3) is 0.149. The van der Waals surface area contributed by atoms with E-state index in [1.54, 1.807) is 11.1 Å². The fourth-order valence-corrected chi connectivity index (χ4v) is 10.3. The Morgan fingerprint density at radius 2 is 1.17 bits per heavy atom. The molecule has 0 aliphatic heterocycles. The van der Waals surface area contributed by atoms with Crippen molar-refractivity contribution in [3.05, 3.63) is 165 Å². The Hall–Kier alpha value is -4.98. The first-order chi connectivity index (χ1) is 23.6. The molecule has 1 heterocycles. The third-order valence-corrected chi connectivity index (χ3v) is 12.6. The summed E-state index contributed by atoms with van der Waals surface area (Å²) in [6.45, 7) is 4.75.